The number of hydrogen-bond acceptors (Lipinski definition) is 4. The molecule has 4 fully saturated rings. The van der Waals surface area contributed by atoms with E-state index in [1.165, 1.54) is 18.9 Å². The minimum atomic E-state index is -0.797. The van der Waals surface area contributed by atoms with Crippen LogP contribution < -0.4 is 10.2 Å². The molecular weight excluding hydrogens is 337 g/mol. The number of anilines is 1. The van der Waals surface area contributed by atoms with Gasteiger partial charge in [-0.05, 0) is 43.7 Å². The topological polar surface area (TPSA) is 75.5 Å². The summed E-state index contributed by atoms with van der Waals surface area (Å²) in [6.45, 7) is 1.27. The van der Waals surface area contributed by atoms with Crippen molar-refractivity contribution in [1.82, 2.24) is 5.32 Å². The molecule has 3 saturated carbocycles. The molecule has 3 atom stereocenters. The van der Waals surface area contributed by atoms with Crippen molar-refractivity contribution in [2.75, 3.05) is 18.0 Å². The van der Waals surface area contributed by atoms with Crippen molar-refractivity contribution in [3.63, 3.8) is 0 Å². The van der Waals surface area contributed by atoms with Crippen molar-refractivity contribution >= 4 is 17.3 Å². The van der Waals surface area contributed by atoms with Crippen LogP contribution in [0.25, 0.3) is 0 Å². The Kier molecular flexibility index (Phi) is 3.33. The normalized spacial score (nSPS) is 31.1. The van der Waals surface area contributed by atoms with Gasteiger partial charge in [0.2, 0.25) is 11.7 Å². The summed E-state index contributed by atoms with van der Waals surface area (Å²) in [4.78, 5) is 25.2. The van der Waals surface area contributed by atoms with Gasteiger partial charge in [-0.15, -0.1) is 0 Å². The van der Waals surface area contributed by atoms with Crippen LogP contribution in [-0.2, 0) is 4.79 Å². The second-order valence-corrected chi connectivity index (χ2v) is 8.38. The number of amides is 1. The summed E-state index contributed by atoms with van der Waals surface area (Å²) < 4.78 is 13.8. The number of fused-ring (bicyclic) bond motifs is 1. The predicted octanol–water partition coefficient (Wildman–Crippen LogP) is 2.87. The number of carbonyl (C=O) groups is 1. The van der Waals surface area contributed by atoms with E-state index < -0.39 is 16.4 Å². The van der Waals surface area contributed by atoms with Crippen LogP contribution >= 0.6 is 0 Å². The van der Waals surface area contributed by atoms with Crippen molar-refractivity contribution in [3.8, 4) is 0 Å². The van der Waals surface area contributed by atoms with Crippen molar-refractivity contribution in [1.29, 1.82) is 0 Å². The van der Waals surface area contributed by atoms with E-state index >= 15 is 0 Å². The number of hydrogen-bond donors (Lipinski definition) is 1. The molecule has 1 aromatic carbocycles. The Hall–Kier alpha value is -2.18. The highest BCUT2D eigenvalue weighted by Gasteiger charge is 2.60. The molecule has 5 rings (SSSR count). The largest absolute Gasteiger partial charge is 0.365 e. The van der Waals surface area contributed by atoms with Crippen molar-refractivity contribution in [2.24, 2.45) is 23.2 Å². The first kappa shape index (κ1) is 16.0. The molecule has 0 spiro atoms. The lowest BCUT2D eigenvalue weighted by Crippen LogP contribution is -2.49. The summed E-state index contributed by atoms with van der Waals surface area (Å²) in [6, 6.07) is 4.42. The van der Waals surface area contributed by atoms with E-state index in [0.29, 0.717) is 36.5 Å². The smallest absolute Gasteiger partial charge is 0.327 e. The Bertz CT molecular complexity index is 778. The quantitative estimate of drug-likeness (QED) is 0.648. The molecule has 6 nitrogen and oxygen atoms in total. The number of para-hydroxylation sites is 1. The fourth-order valence-corrected chi connectivity index (χ4v) is 5.19. The Balaban J connectivity index is 1.25. The monoisotopic (exact) mass is 359 g/mol. The first-order valence-electron chi connectivity index (χ1n) is 9.50. The maximum atomic E-state index is 13.8. The van der Waals surface area contributed by atoms with Gasteiger partial charge in [-0.2, -0.15) is 4.39 Å². The van der Waals surface area contributed by atoms with Gasteiger partial charge in [0.15, 0.2) is 0 Å². The Morgan fingerprint density at radius 2 is 1.96 bits per heavy atom. The second kappa shape index (κ2) is 5.41. The first-order chi connectivity index (χ1) is 12.5. The molecule has 1 N–H and O–H groups in total. The Labute approximate surface area is 150 Å². The van der Waals surface area contributed by atoms with E-state index in [9.17, 15) is 19.3 Å². The Morgan fingerprint density at radius 3 is 2.50 bits per heavy atom. The number of rotatable bonds is 5. The average molecular weight is 359 g/mol. The number of nitrogens with zero attached hydrogens (tertiary/aromatic N) is 2. The summed E-state index contributed by atoms with van der Waals surface area (Å²) in [6.07, 6.45) is 5.56. The van der Waals surface area contributed by atoms with Gasteiger partial charge in [-0.1, -0.05) is 12.5 Å². The SMILES string of the molecule is O=C(NC1[C@H]2CN(c3cccc(F)c3[N+](=O)[O-])C[C@@H]12)C1(C2CC2)CCC1. The van der Waals surface area contributed by atoms with Gasteiger partial charge in [0.25, 0.3) is 0 Å². The number of piperidine rings is 1. The number of nitro groups is 1. The molecule has 4 aliphatic rings. The molecule has 1 amide bonds. The molecule has 3 aliphatic carbocycles. The minimum absolute atomic E-state index is 0.0993. The lowest BCUT2D eigenvalue weighted by molar-refractivity contribution is -0.386. The maximum absolute atomic E-state index is 13.8. The highest BCUT2D eigenvalue weighted by atomic mass is 19.1. The van der Waals surface area contributed by atoms with Crippen LogP contribution in [0.4, 0.5) is 15.8 Å². The van der Waals surface area contributed by atoms with Crippen molar-refractivity contribution in [2.45, 2.75) is 38.1 Å². The third kappa shape index (κ3) is 2.25. The van der Waals surface area contributed by atoms with Gasteiger partial charge < -0.3 is 10.2 Å². The number of benzene rings is 1. The third-order valence-corrected chi connectivity index (χ3v) is 7.04. The minimum Gasteiger partial charge on any atom is -0.365 e. The zero-order valence-electron chi connectivity index (χ0n) is 14.5. The van der Waals surface area contributed by atoms with E-state index in [1.54, 1.807) is 6.07 Å². The summed E-state index contributed by atoms with van der Waals surface area (Å²) in [7, 11) is 0. The zero-order chi connectivity index (χ0) is 18.1. The van der Waals surface area contributed by atoms with Gasteiger partial charge in [0.05, 0.1) is 10.3 Å². The standard InChI is InChI=1S/C19H22FN3O3/c20-14-3-1-4-15(17(14)23(25)26)22-9-12-13(10-22)16(12)21-18(24)19(7-2-8-19)11-5-6-11/h1,3-4,11-13,16H,2,5-10H2,(H,21,24)/t12-,13+,16?. The predicted molar refractivity (Wildman–Crippen MR) is 93.2 cm³/mol. The average Bonchev–Trinajstić information content (AvgIpc) is 3.45. The Morgan fingerprint density at radius 1 is 1.27 bits per heavy atom. The number of halogens is 1. The number of carbonyl (C=O) groups excluding carboxylic acids is 1. The summed E-state index contributed by atoms with van der Waals surface area (Å²) >= 11 is 0. The molecule has 0 bridgehead atoms. The van der Waals surface area contributed by atoms with Gasteiger partial charge in [-0.3, -0.25) is 14.9 Å². The van der Waals surface area contributed by atoms with Gasteiger partial charge >= 0.3 is 5.69 Å². The first-order valence-corrected chi connectivity index (χ1v) is 9.50. The molecule has 138 valence electrons. The molecule has 26 heavy (non-hydrogen) atoms. The van der Waals surface area contributed by atoms with Crippen LogP contribution in [0.5, 0.6) is 0 Å². The molecule has 1 aliphatic heterocycles. The van der Waals surface area contributed by atoms with E-state index in [-0.39, 0.29) is 17.4 Å². The molecule has 1 heterocycles. The van der Waals surface area contributed by atoms with Crippen LogP contribution in [0, 0.1) is 39.1 Å². The van der Waals surface area contributed by atoms with Gasteiger partial charge in [-0.25, -0.2) is 0 Å². The molecule has 1 unspecified atom stereocenters. The summed E-state index contributed by atoms with van der Waals surface area (Å²) in [5.74, 6) is 0.654. The van der Waals surface area contributed by atoms with Crippen LogP contribution in [0.2, 0.25) is 0 Å². The fourth-order valence-electron chi connectivity index (χ4n) is 5.19. The molecule has 0 aromatic heterocycles. The van der Waals surface area contributed by atoms with Crippen LogP contribution in [-0.4, -0.2) is 30.0 Å². The molecule has 0 radical (unpaired) electrons. The zero-order valence-corrected chi connectivity index (χ0v) is 14.5. The molecule has 7 heteroatoms. The van der Waals surface area contributed by atoms with E-state index in [0.717, 1.165) is 25.3 Å². The highest BCUT2D eigenvalue weighted by molar-refractivity contribution is 5.85. The van der Waals surface area contributed by atoms with Crippen LogP contribution in [0.15, 0.2) is 18.2 Å². The highest BCUT2D eigenvalue weighted by Crippen LogP contribution is 2.58. The molecule has 1 saturated heterocycles. The lowest BCUT2D eigenvalue weighted by Gasteiger charge is -2.41. The maximum Gasteiger partial charge on any atom is 0.327 e. The third-order valence-electron chi connectivity index (χ3n) is 7.04. The number of nitrogens with one attached hydrogen (secondary N) is 1. The summed E-state index contributed by atoms with van der Waals surface area (Å²) in [5.41, 5.74) is -0.199. The van der Waals surface area contributed by atoms with Crippen LogP contribution in [0.1, 0.15) is 32.1 Å². The van der Waals surface area contributed by atoms with E-state index in [1.807, 2.05) is 4.90 Å². The van der Waals surface area contributed by atoms with E-state index in [2.05, 4.69) is 5.32 Å². The van der Waals surface area contributed by atoms with Gasteiger partial charge in [0, 0.05) is 31.0 Å². The molecule has 1 aromatic rings. The van der Waals surface area contributed by atoms with Crippen molar-refractivity contribution < 1.29 is 14.1 Å². The summed E-state index contributed by atoms with van der Waals surface area (Å²) in [5, 5.41) is 14.5. The van der Waals surface area contributed by atoms with Gasteiger partial charge in [0.1, 0.15) is 5.69 Å². The lowest BCUT2D eigenvalue weighted by atomic mass is 9.64. The van der Waals surface area contributed by atoms with Crippen molar-refractivity contribution in [3.05, 3.63) is 34.1 Å². The van der Waals surface area contributed by atoms with E-state index in [4.69, 9.17) is 0 Å². The fraction of sp³-hybridized carbons (Fsp3) is 0.632. The van der Waals surface area contributed by atoms with Crippen LogP contribution in [0.3, 0.4) is 0 Å². The number of nitro benzene ring substituents is 1. The second-order valence-electron chi connectivity index (χ2n) is 8.38. The molecular formula is C19H22FN3O3.